The van der Waals surface area contributed by atoms with Crippen LogP contribution >= 0.6 is 0 Å². The van der Waals surface area contributed by atoms with E-state index in [1.54, 1.807) is 6.92 Å². The Bertz CT molecular complexity index is 440. The number of hydrogen-bond acceptors (Lipinski definition) is 2. The van der Waals surface area contributed by atoms with Crippen molar-refractivity contribution >= 4 is 0 Å². The quantitative estimate of drug-likeness (QED) is 0.819. The van der Waals surface area contributed by atoms with Gasteiger partial charge in [0.15, 0.2) is 17.4 Å². The summed E-state index contributed by atoms with van der Waals surface area (Å²) in [6, 6.07) is 2.42. The van der Waals surface area contributed by atoms with E-state index in [0.717, 1.165) is 6.42 Å². The monoisotopic (exact) mass is 253 g/mol. The molecular formula is C14H17F2NO. The number of hydrogen-bond donors (Lipinski definition) is 1. The van der Waals surface area contributed by atoms with E-state index >= 15 is 0 Å². The number of ether oxygens (including phenoxy) is 1. The highest BCUT2D eigenvalue weighted by molar-refractivity contribution is 5.32. The second-order valence-corrected chi connectivity index (χ2v) is 3.98. The third-order valence-corrected chi connectivity index (χ3v) is 2.55. The SMILES string of the molecule is CC#CCOc1c(F)cc(CC(N)CC)cc1F. The first-order valence-electron chi connectivity index (χ1n) is 5.84. The maximum atomic E-state index is 13.6. The molecule has 0 saturated heterocycles. The Kier molecular flexibility index (Phi) is 5.60. The largest absolute Gasteiger partial charge is 0.475 e. The molecule has 4 heteroatoms. The van der Waals surface area contributed by atoms with Gasteiger partial charge in [-0.15, -0.1) is 5.92 Å². The fourth-order valence-corrected chi connectivity index (χ4v) is 1.50. The molecule has 1 aromatic carbocycles. The zero-order chi connectivity index (χ0) is 13.5. The van der Waals surface area contributed by atoms with E-state index < -0.39 is 11.6 Å². The topological polar surface area (TPSA) is 35.2 Å². The Balaban J connectivity index is 2.85. The van der Waals surface area contributed by atoms with Gasteiger partial charge in [0.05, 0.1) is 0 Å². The molecule has 0 fully saturated rings. The van der Waals surface area contributed by atoms with Gasteiger partial charge in [0.1, 0.15) is 6.61 Å². The van der Waals surface area contributed by atoms with Crippen molar-refractivity contribution in [1.82, 2.24) is 0 Å². The second kappa shape index (κ2) is 6.97. The van der Waals surface area contributed by atoms with E-state index in [1.165, 1.54) is 12.1 Å². The van der Waals surface area contributed by atoms with Crippen LogP contribution in [-0.4, -0.2) is 12.6 Å². The summed E-state index contributed by atoms with van der Waals surface area (Å²) in [4.78, 5) is 0. The van der Waals surface area contributed by atoms with Crippen LogP contribution in [0.4, 0.5) is 8.78 Å². The van der Waals surface area contributed by atoms with Crippen LogP contribution in [0.25, 0.3) is 0 Å². The van der Waals surface area contributed by atoms with Gasteiger partial charge in [0.2, 0.25) is 0 Å². The van der Waals surface area contributed by atoms with E-state index in [-0.39, 0.29) is 18.4 Å². The Morgan fingerprint density at radius 2 is 1.94 bits per heavy atom. The van der Waals surface area contributed by atoms with Gasteiger partial charge in [-0.25, -0.2) is 8.78 Å². The van der Waals surface area contributed by atoms with Gasteiger partial charge in [0.25, 0.3) is 0 Å². The van der Waals surface area contributed by atoms with Gasteiger partial charge in [0, 0.05) is 6.04 Å². The van der Waals surface area contributed by atoms with Crippen molar-refractivity contribution in [2.45, 2.75) is 32.7 Å². The van der Waals surface area contributed by atoms with E-state index in [2.05, 4.69) is 11.8 Å². The maximum Gasteiger partial charge on any atom is 0.192 e. The summed E-state index contributed by atoms with van der Waals surface area (Å²) < 4.78 is 32.2. The van der Waals surface area contributed by atoms with Crippen LogP contribution in [0, 0.1) is 23.5 Å². The van der Waals surface area contributed by atoms with Crippen LogP contribution in [0.3, 0.4) is 0 Å². The van der Waals surface area contributed by atoms with Gasteiger partial charge in [-0.3, -0.25) is 0 Å². The van der Waals surface area contributed by atoms with Crippen LogP contribution in [0.5, 0.6) is 5.75 Å². The van der Waals surface area contributed by atoms with Crippen molar-refractivity contribution in [2.75, 3.05) is 6.61 Å². The molecule has 1 unspecified atom stereocenters. The molecule has 98 valence electrons. The van der Waals surface area contributed by atoms with Gasteiger partial charge in [-0.2, -0.15) is 0 Å². The molecule has 0 saturated carbocycles. The lowest BCUT2D eigenvalue weighted by molar-refractivity contribution is 0.325. The Labute approximate surface area is 106 Å². The highest BCUT2D eigenvalue weighted by Crippen LogP contribution is 2.24. The lowest BCUT2D eigenvalue weighted by Gasteiger charge is -2.11. The molecule has 2 N–H and O–H groups in total. The first-order chi connectivity index (χ1) is 8.58. The molecule has 0 aliphatic rings. The van der Waals surface area contributed by atoms with Crippen molar-refractivity contribution in [1.29, 1.82) is 0 Å². The third kappa shape index (κ3) is 4.01. The molecule has 0 bridgehead atoms. The Morgan fingerprint density at radius 1 is 1.33 bits per heavy atom. The second-order valence-electron chi connectivity index (χ2n) is 3.98. The number of halogens is 2. The average Bonchev–Trinajstić information content (AvgIpc) is 2.32. The van der Waals surface area contributed by atoms with Crippen molar-refractivity contribution in [3.8, 4) is 17.6 Å². The fraction of sp³-hybridized carbons (Fsp3) is 0.429. The zero-order valence-corrected chi connectivity index (χ0v) is 10.6. The summed E-state index contributed by atoms with van der Waals surface area (Å²) in [5.41, 5.74) is 6.28. The van der Waals surface area contributed by atoms with Crippen LogP contribution < -0.4 is 10.5 Å². The first kappa shape index (κ1) is 14.5. The van der Waals surface area contributed by atoms with E-state index in [1.807, 2.05) is 6.92 Å². The molecule has 0 amide bonds. The predicted octanol–water partition coefficient (Wildman–Crippen LogP) is 2.65. The minimum Gasteiger partial charge on any atom is -0.475 e. The lowest BCUT2D eigenvalue weighted by Crippen LogP contribution is -2.21. The van der Waals surface area contributed by atoms with Crippen molar-refractivity contribution in [3.63, 3.8) is 0 Å². The standard InChI is InChI=1S/C14H17F2NO/c1-3-5-6-18-14-12(15)8-10(9-13(14)16)7-11(17)4-2/h8-9,11H,4,6-7,17H2,1-2H3. The summed E-state index contributed by atoms with van der Waals surface area (Å²) in [6.07, 6.45) is 1.20. The molecular weight excluding hydrogens is 236 g/mol. The van der Waals surface area contributed by atoms with Crippen molar-refractivity contribution < 1.29 is 13.5 Å². The normalized spacial score (nSPS) is 11.6. The summed E-state index contributed by atoms with van der Waals surface area (Å²) in [5.74, 6) is 3.35. The summed E-state index contributed by atoms with van der Waals surface area (Å²) >= 11 is 0. The number of benzene rings is 1. The molecule has 0 aliphatic carbocycles. The van der Waals surface area contributed by atoms with E-state index in [9.17, 15) is 8.78 Å². The predicted molar refractivity (Wildman–Crippen MR) is 67.3 cm³/mol. The van der Waals surface area contributed by atoms with Crippen LogP contribution in [0.15, 0.2) is 12.1 Å². The van der Waals surface area contributed by atoms with Crippen LogP contribution in [-0.2, 0) is 6.42 Å². The van der Waals surface area contributed by atoms with Crippen molar-refractivity contribution in [3.05, 3.63) is 29.3 Å². The first-order valence-corrected chi connectivity index (χ1v) is 5.84. The molecule has 1 atom stereocenters. The van der Waals surface area contributed by atoms with Gasteiger partial charge < -0.3 is 10.5 Å². The molecule has 0 aliphatic heterocycles. The summed E-state index contributed by atoms with van der Waals surface area (Å²) in [7, 11) is 0. The van der Waals surface area contributed by atoms with E-state index in [4.69, 9.17) is 10.5 Å². The third-order valence-electron chi connectivity index (χ3n) is 2.55. The molecule has 0 radical (unpaired) electrons. The summed E-state index contributed by atoms with van der Waals surface area (Å²) in [5, 5.41) is 0. The Morgan fingerprint density at radius 3 is 2.44 bits per heavy atom. The molecule has 0 aromatic heterocycles. The van der Waals surface area contributed by atoms with Gasteiger partial charge in [-0.05, 0) is 37.5 Å². The Hall–Kier alpha value is -1.60. The molecule has 18 heavy (non-hydrogen) atoms. The highest BCUT2D eigenvalue weighted by Gasteiger charge is 2.13. The average molecular weight is 253 g/mol. The van der Waals surface area contributed by atoms with E-state index in [0.29, 0.717) is 12.0 Å². The molecule has 1 rings (SSSR count). The fourth-order valence-electron chi connectivity index (χ4n) is 1.50. The van der Waals surface area contributed by atoms with Crippen molar-refractivity contribution in [2.24, 2.45) is 5.73 Å². The smallest absolute Gasteiger partial charge is 0.192 e. The maximum absolute atomic E-state index is 13.6. The number of nitrogens with two attached hydrogens (primary N) is 1. The number of rotatable bonds is 5. The molecule has 1 aromatic rings. The lowest BCUT2D eigenvalue weighted by atomic mass is 10.0. The molecule has 2 nitrogen and oxygen atoms in total. The highest BCUT2D eigenvalue weighted by atomic mass is 19.1. The van der Waals surface area contributed by atoms with Gasteiger partial charge in [-0.1, -0.05) is 12.8 Å². The zero-order valence-electron chi connectivity index (χ0n) is 10.6. The minimum absolute atomic E-state index is 0.0296. The minimum atomic E-state index is -0.716. The molecule has 0 heterocycles. The summed E-state index contributed by atoms with van der Waals surface area (Å²) in [6.45, 7) is 3.53. The molecule has 0 spiro atoms. The van der Waals surface area contributed by atoms with Crippen LogP contribution in [0.2, 0.25) is 0 Å². The van der Waals surface area contributed by atoms with Crippen LogP contribution in [0.1, 0.15) is 25.8 Å². The van der Waals surface area contributed by atoms with Gasteiger partial charge >= 0.3 is 0 Å².